The van der Waals surface area contributed by atoms with Gasteiger partial charge in [0.05, 0.1) is 16.7 Å². The second kappa shape index (κ2) is 8.92. The number of aryl methyl sites for hydroxylation is 1. The number of nitrogens with zero attached hydrogens (tertiary/aromatic N) is 4. The van der Waals surface area contributed by atoms with Crippen LogP contribution in [0.2, 0.25) is 0 Å². The molecule has 2 rings (SSSR count). The maximum absolute atomic E-state index is 11.7. The van der Waals surface area contributed by atoms with Crippen molar-refractivity contribution >= 4 is 9.84 Å². The van der Waals surface area contributed by atoms with Gasteiger partial charge in [-0.05, 0) is 56.0 Å². The maximum atomic E-state index is 11.7. The van der Waals surface area contributed by atoms with E-state index < -0.39 is 9.84 Å². The molecule has 24 heavy (non-hydrogen) atoms. The van der Waals surface area contributed by atoms with Crippen LogP contribution in [0.3, 0.4) is 0 Å². The Balaban J connectivity index is 1.61. The molecule has 0 bridgehead atoms. The Labute approximate surface area is 144 Å². The van der Waals surface area contributed by atoms with E-state index in [4.69, 9.17) is 0 Å². The van der Waals surface area contributed by atoms with Crippen molar-refractivity contribution in [1.29, 1.82) is 0 Å². The fourth-order valence-electron chi connectivity index (χ4n) is 2.48. The largest absolute Gasteiger partial charge is 0.229 e. The van der Waals surface area contributed by atoms with Crippen LogP contribution in [0, 0.1) is 0 Å². The SMILES string of the molecule is CC(C)S(=O)(=O)CCCCCCCc1ccc(-n2ncnn2)cc1. The van der Waals surface area contributed by atoms with Gasteiger partial charge in [0.1, 0.15) is 0 Å². The molecule has 1 aromatic heterocycles. The molecule has 0 aliphatic carbocycles. The fraction of sp³-hybridized carbons (Fsp3) is 0.588. The first-order chi connectivity index (χ1) is 11.5. The average Bonchev–Trinajstić information content (AvgIpc) is 3.09. The van der Waals surface area contributed by atoms with Crippen molar-refractivity contribution in [2.24, 2.45) is 0 Å². The first-order valence-electron chi connectivity index (χ1n) is 8.53. The maximum Gasteiger partial charge on any atom is 0.162 e. The number of hydrogen-bond donors (Lipinski definition) is 0. The molecule has 0 unspecified atom stereocenters. The van der Waals surface area contributed by atoms with Crippen molar-refractivity contribution in [3.05, 3.63) is 36.2 Å². The molecule has 0 aliphatic heterocycles. The third kappa shape index (κ3) is 5.70. The van der Waals surface area contributed by atoms with Crippen LogP contribution in [0.5, 0.6) is 0 Å². The summed E-state index contributed by atoms with van der Waals surface area (Å²) in [7, 11) is -2.87. The topological polar surface area (TPSA) is 77.7 Å². The molecule has 1 heterocycles. The highest BCUT2D eigenvalue weighted by Crippen LogP contribution is 2.13. The molecule has 7 heteroatoms. The van der Waals surface area contributed by atoms with E-state index in [1.165, 1.54) is 16.7 Å². The molecule has 132 valence electrons. The van der Waals surface area contributed by atoms with Crippen LogP contribution < -0.4 is 0 Å². The van der Waals surface area contributed by atoms with Crippen molar-refractivity contribution in [3.8, 4) is 5.69 Å². The quantitative estimate of drug-likeness (QED) is 0.616. The Morgan fingerprint density at radius 1 is 1.00 bits per heavy atom. The van der Waals surface area contributed by atoms with Crippen molar-refractivity contribution in [3.63, 3.8) is 0 Å². The first kappa shape index (κ1) is 18.6. The number of tetrazole rings is 1. The van der Waals surface area contributed by atoms with E-state index in [0.717, 1.165) is 44.2 Å². The van der Waals surface area contributed by atoms with Crippen molar-refractivity contribution in [2.45, 2.75) is 57.6 Å². The number of hydrogen-bond acceptors (Lipinski definition) is 5. The zero-order valence-electron chi connectivity index (χ0n) is 14.4. The van der Waals surface area contributed by atoms with Gasteiger partial charge in [0, 0.05) is 0 Å². The van der Waals surface area contributed by atoms with E-state index in [0.29, 0.717) is 5.75 Å². The van der Waals surface area contributed by atoms with Gasteiger partial charge in [0.25, 0.3) is 0 Å². The summed E-state index contributed by atoms with van der Waals surface area (Å²) >= 11 is 0. The first-order valence-corrected chi connectivity index (χ1v) is 10.2. The van der Waals surface area contributed by atoms with Gasteiger partial charge in [0.15, 0.2) is 16.2 Å². The number of rotatable bonds is 10. The normalized spacial score (nSPS) is 12.0. The second-order valence-corrected chi connectivity index (χ2v) is 9.00. The highest BCUT2D eigenvalue weighted by atomic mass is 32.2. The smallest absolute Gasteiger partial charge is 0.162 e. The summed E-state index contributed by atoms with van der Waals surface area (Å²) in [6.45, 7) is 3.50. The van der Waals surface area contributed by atoms with Gasteiger partial charge in [-0.2, -0.15) is 0 Å². The van der Waals surface area contributed by atoms with E-state index >= 15 is 0 Å². The lowest BCUT2D eigenvalue weighted by molar-refractivity contribution is 0.577. The summed E-state index contributed by atoms with van der Waals surface area (Å²) in [6.07, 6.45) is 7.57. The van der Waals surface area contributed by atoms with E-state index in [2.05, 4.69) is 27.5 Å². The summed E-state index contributed by atoms with van der Waals surface area (Å²) in [5, 5.41) is 11.3. The van der Waals surface area contributed by atoms with Crippen LogP contribution in [-0.2, 0) is 16.3 Å². The van der Waals surface area contributed by atoms with E-state index in [-0.39, 0.29) is 5.25 Å². The highest BCUT2D eigenvalue weighted by Gasteiger charge is 2.14. The van der Waals surface area contributed by atoms with Gasteiger partial charge >= 0.3 is 0 Å². The van der Waals surface area contributed by atoms with Gasteiger partial charge in [0.2, 0.25) is 0 Å². The number of aromatic nitrogens is 4. The standard InChI is InChI=1S/C17H26N4O2S/c1-15(2)24(22,23)13-7-5-3-4-6-8-16-9-11-17(12-10-16)21-19-14-18-20-21/h9-12,14-15H,3-8,13H2,1-2H3. The van der Waals surface area contributed by atoms with E-state index in [1.807, 2.05) is 12.1 Å². The molecular formula is C17H26N4O2S. The minimum atomic E-state index is -2.87. The van der Waals surface area contributed by atoms with Gasteiger partial charge in [-0.3, -0.25) is 0 Å². The van der Waals surface area contributed by atoms with E-state index in [1.54, 1.807) is 13.8 Å². The Hall–Kier alpha value is -1.76. The molecule has 0 amide bonds. The monoisotopic (exact) mass is 350 g/mol. The van der Waals surface area contributed by atoms with Gasteiger partial charge in [-0.1, -0.05) is 31.4 Å². The molecule has 0 aliphatic rings. The molecule has 0 atom stereocenters. The molecule has 0 saturated carbocycles. The summed E-state index contributed by atoms with van der Waals surface area (Å²) in [5.41, 5.74) is 2.20. The summed E-state index contributed by atoms with van der Waals surface area (Å²) in [6, 6.07) is 8.17. The third-order valence-electron chi connectivity index (χ3n) is 4.13. The lowest BCUT2D eigenvalue weighted by Gasteiger charge is -2.07. The zero-order chi connectivity index (χ0) is 17.4. The summed E-state index contributed by atoms with van der Waals surface area (Å²) in [5.74, 6) is 0.322. The summed E-state index contributed by atoms with van der Waals surface area (Å²) < 4.78 is 23.4. The molecule has 0 radical (unpaired) electrons. The van der Waals surface area contributed by atoms with Gasteiger partial charge < -0.3 is 0 Å². The molecule has 0 saturated heterocycles. The van der Waals surface area contributed by atoms with Gasteiger partial charge in [-0.25, -0.2) is 8.42 Å². The number of benzene rings is 1. The molecule has 2 aromatic rings. The molecular weight excluding hydrogens is 324 g/mol. The Bertz CT molecular complexity index is 695. The molecule has 6 nitrogen and oxygen atoms in total. The lowest BCUT2D eigenvalue weighted by atomic mass is 10.1. The van der Waals surface area contributed by atoms with Crippen LogP contribution in [-0.4, -0.2) is 39.6 Å². The van der Waals surface area contributed by atoms with Crippen LogP contribution in [0.1, 0.15) is 51.5 Å². The molecule has 0 N–H and O–H groups in total. The number of unbranched alkanes of at least 4 members (excludes halogenated alkanes) is 4. The fourth-order valence-corrected chi connectivity index (χ4v) is 3.56. The zero-order valence-corrected chi connectivity index (χ0v) is 15.2. The van der Waals surface area contributed by atoms with Crippen LogP contribution in [0.15, 0.2) is 30.6 Å². The predicted molar refractivity (Wildman–Crippen MR) is 94.9 cm³/mol. The second-order valence-electron chi connectivity index (χ2n) is 6.33. The summed E-state index contributed by atoms with van der Waals surface area (Å²) in [4.78, 5) is 1.50. The molecule has 0 fully saturated rings. The molecule has 0 spiro atoms. The van der Waals surface area contributed by atoms with E-state index in [9.17, 15) is 8.42 Å². The van der Waals surface area contributed by atoms with Crippen molar-refractivity contribution in [2.75, 3.05) is 5.75 Å². The van der Waals surface area contributed by atoms with Gasteiger partial charge in [-0.15, -0.1) is 15.0 Å². The van der Waals surface area contributed by atoms with Crippen LogP contribution >= 0.6 is 0 Å². The average molecular weight is 350 g/mol. The predicted octanol–water partition coefficient (Wildman–Crippen LogP) is 2.98. The Morgan fingerprint density at radius 2 is 1.67 bits per heavy atom. The molecule has 1 aromatic carbocycles. The van der Waals surface area contributed by atoms with Crippen molar-refractivity contribution in [1.82, 2.24) is 20.2 Å². The third-order valence-corrected chi connectivity index (χ3v) is 6.42. The minimum Gasteiger partial charge on any atom is -0.229 e. The number of sulfone groups is 1. The van der Waals surface area contributed by atoms with Crippen LogP contribution in [0.4, 0.5) is 0 Å². The van der Waals surface area contributed by atoms with Crippen molar-refractivity contribution < 1.29 is 8.42 Å². The van der Waals surface area contributed by atoms with Crippen LogP contribution in [0.25, 0.3) is 5.69 Å². The highest BCUT2D eigenvalue weighted by molar-refractivity contribution is 7.91. The Kier molecular flexibility index (Phi) is 6.90. The Morgan fingerprint density at radius 3 is 2.29 bits per heavy atom. The lowest BCUT2D eigenvalue weighted by Crippen LogP contribution is -2.17. The minimum absolute atomic E-state index is 0.256.